The first-order chi connectivity index (χ1) is 10.6. The van der Waals surface area contributed by atoms with E-state index in [4.69, 9.17) is 5.11 Å². The molecule has 0 aliphatic carbocycles. The van der Waals surface area contributed by atoms with Gasteiger partial charge < -0.3 is 5.11 Å². The van der Waals surface area contributed by atoms with Crippen molar-refractivity contribution in [3.63, 3.8) is 0 Å². The number of unbranched alkanes of at least 4 members (excludes halogenated alkanes) is 1. The lowest BCUT2D eigenvalue weighted by Crippen LogP contribution is -2.04. The van der Waals surface area contributed by atoms with E-state index in [1.54, 1.807) is 0 Å². The Morgan fingerprint density at radius 3 is 2.32 bits per heavy atom. The second-order valence-electron chi connectivity index (χ2n) is 5.94. The Kier molecular flexibility index (Phi) is 6.20. The Bertz CT molecular complexity index is 572. The van der Waals surface area contributed by atoms with Gasteiger partial charge in [0.15, 0.2) is 0 Å². The number of carboxylic acids is 1. The Hall–Kier alpha value is -2.09. The molecule has 0 heterocycles. The van der Waals surface area contributed by atoms with Crippen LogP contribution >= 0.6 is 0 Å². The van der Waals surface area contributed by atoms with Crippen molar-refractivity contribution in [2.75, 3.05) is 0 Å². The molecular weight excluding hydrogens is 272 g/mol. The molecule has 0 saturated heterocycles. The summed E-state index contributed by atoms with van der Waals surface area (Å²) in [5.41, 5.74) is 3.97. The van der Waals surface area contributed by atoms with E-state index in [0.717, 1.165) is 25.7 Å². The summed E-state index contributed by atoms with van der Waals surface area (Å²) in [6, 6.07) is 19.3. The van der Waals surface area contributed by atoms with Crippen molar-refractivity contribution in [2.24, 2.45) is 0 Å². The van der Waals surface area contributed by atoms with Crippen molar-refractivity contribution in [1.82, 2.24) is 0 Å². The molecular formula is C20H24O2. The fourth-order valence-corrected chi connectivity index (χ4v) is 2.79. The summed E-state index contributed by atoms with van der Waals surface area (Å²) in [5.74, 6) is -0.243. The fraction of sp³-hybridized carbons (Fsp3) is 0.350. The van der Waals surface area contributed by atoms with E-state index in [9.17, 15) is 4.79 Å². The summed E-state index contributed by atoms with van der Waals surface area (Å²) in [6.45, 7) is 2.10. The lowest BCUT2D eigenvalue weighted by atomic mass is 9.87. The smallest absolute Gasteiger partial charge is 0.303 e. The SMILES string of the molecule is Cc1ccc(CC(CCCCC(=O)O)c2ccccc2)cc1. The van der Waals surface area contributed by atoms with E-state index in [1.165, 1.54) is 16.7 Å². The molecule has 2 rings (SSSR count). The molecule has 0 amide bonds. The van der Waals surface area contributed by atoms with Gasteiger partial charge in [-0.3, -0.25) is 4.79 Å². The first-order valence-corrected chi connectivity index (χ1v) is 7.97. The summed E-state index contributed by atoms with van der Waals surface area (Å²) >= 11 is 0. The molecule has 0 aliphatic rings. The number of aryl methyl sites for hydroxylation is 1. The van der Waals surface area contributed by atoms with E-state index >= 15 is 0 Å². The van der Waals surface area contributed by atoms with E-state index in [2.05, 4.69) is 55.5 Å². The van der Waals surface area contributed by atoms with E-state index in [1.807, 2.05) is 6.07 Å². The number of rotatable bonds is 8. The maximum Gasteiger partial charge on any atom is 0.303 e. The molecule has 2 heteroatoms. The molecule has 0 bridgehead atoms. The summed E-state index contributed by atoms with van der Waals surface area (Å²) in [5, 5.41) is 8.76. The topological polar surface area (TPSA) is 37.3 Å². The van der Waals surface area contributed by atoms with Gasteiger partial charge in [0.25, 0.3) is 0 Å². The highest BCUT2D eigenvalue weighted by Gasteiger charge is 2.12. The molecule has 0 spiro atoms. The zero-order valence-corrected chi connectivity index (χ0v) is 13.2. The van der Waals surface area contributed by atoms with Gasteiger partial charge in [-0.25, -0.2) is 0 Å². The molecule has 0 radical (unpaired) electrons. The van der Waals surface area contributed by atoms with Gasteiger partial charge in [0.1, 0.15) is 0 Å². The third-order valence-electron chi connectivity index (χ3n) is 4.07. The molecule has 2 nitrogen and oxygen atoms in total. The van der Waals surface area contributed by atoms with Crippen LogP contribution in [0.2, 0.25) is 0 Å². The monoisotopic (exact) mass is 296 g/mol. The largest absolute Gasteiger partial charge is 0.481 e. The lowest BCUT2D eigenvalue weighted by molar-refractivity contribution is -0.137. The van der Waals surface area contributed by atoms with Crippen molar-refractivity contribution in [3.05, 3.63) is 71.3 Å². The molecule has 0 aromatic heterocycles. The minimum absolute atomic E-state index is 0.270. The third-order valence-corrected chi connectivity index (χ3v) is 4.07. The minimum atomic E-state index is -0.699. The van der Waals surface area contributed by atoms with Crippen molar-refractivity contribution in [3.8, 4) is 0 Å². The van der Waals surface area contributed by atoms with Gasteiger partial charge in [-0.2, -0.15) is 0 Å². The normalized spacial score (nSPS) is 12.0. The van der Waals surface area contributed by atoms with Gasteiger partial charge >= 0.3 is 5.97 Å². The van der Waals surface area contributed by atoms with Gasteiger partial charge in [-0.05, 0) is 43.2 Å². The van der Waals surface area contributed by atoms with Gasteiger partial charge in [0, 0.05) is 6.42 Å². The molecule has 0 aliphatic heterocycles. The molecule has 0 saturated carbocycles. The molecule has 1 N–H and O–H groups in total. The minimum Gasteiger partial charge on any atom is -0.481 e. The first kappa shape index (κ1) is 16.3. The molecule has 2 aromatic rings. The van der Waals surface area contributed by atoms with Crippen LogP contribution in [0.4, 0.5) is 0 Å². The van der Waals surface area contributed by atoms with Crippen LogP contribution in [0.25, 0.3) is 0 Å². The van der Waals surface area contributed by atoms with Crippen LogP contribution in [-0.4, -0.2) is 11.1 Å². The summed E-state index contributed by atoms with van der Waals surface area (Å²) in [4.78, 5) is 10.6. The van der Waals surface area contributed by atoms with E-state index in [0.29, 0.717) is 5.92 Å². The van der Waals surface area contributed by atoms with E-state index < -0.39 is 5.97 Å². The summed E-state index contributed by atoms with van der Waals surface area (Å²) < 4.78 is 0. The molecule has 0 fully saturated rings. The number of hydrogen-bond donors (Lipinski definition) is 1. The molecule has 116 valence electrons. The van der Waals surface area contributed by atoms with Crippen LogP contribution in [0, 0.1) is 6.92 Å². The highest BCUT2D eigenvalue weighted by atomic mass is 16.4. The lowest BCUT2D eigenvalue weighted by Gasteiger charge is -2.17. The summed E-state index contributed by atoms with van der Waals surface area (Å²) in [6.07, 6.45) is 4.03. The molecule has 1 unspecified atom stereocenters. The van der Waals surface area contributed by atoms with Crippen LogP contribution in [-0.2, 0) is 11.2 Å². The predicted molar refractivity (Wildman–Crippen MR) is 90.2 cm³/mol. The van der Waals surface area contributed by atoms with Crippen molar-refractivity contribution >= 4 is 5.97 Å². The Morgan fingerprint density at radius 2 is 1.68 bits per heavy atom. The average molecular weight is 296 g/mol. The number of carboxylic acid groups (broad SMARTS) is 1. The van der Waals surface area contributed by atoms with Gasteiger partial charge in [0.2, 0.25) is 0 Å². The van der Waals surface area contributed by atoms with Gasteiger partial charge in [-0.1, -0.05) is 66.6 Å². The van der Waals surface area contributed by atoms with Crippen molar-refractivity contribution in [1.29, 1.82) is 0 Å². The van der Waals surface area contributed by atoms with Gasteiger partial charge in [0.05, 0.1) is 0 Å². The van der Waals surface area contributed by atoms with E-state index in [-0.39, 0.29) is 6.42 Å². The van der Waals surface area contributed by atoms with Crippen LogP contribution in [0.1, 0.15) is 48.3 Å². The molecule has 2 aromatic carbocycles. The van der Waals surface area contributed by atoms with Gasteiger partial charge in [-0.15, -0.1) is 0 Å². The number of benzene rings is 2. The van der Waals surface area contributed by atoms with Crippen LogP contribution < -0.4 is 0 Å². The predicted octanol–water partition coefficient (Wildman–Crippen LogP) is 4.97. The van der Waals surface area contributed by atoms with Crippen molar-refractivity contribution in [2.45, 2.75) is 44.9 Å². The number of carbonyl (C=O) groups is 1. The maximum atomic E-state index is 10.6. The first-order valence-electron chi connectivity index (χ1n) is 7.97. The van der Waals surface area contributed by atoms with Crippen LogP contribution in [0.3, 0.4) is 0 Å². The zero-order valence-electron chi connectivity index (χ0n) is 13.2. The van der Waals surface area contributed by atoms with Crippen LogP contribution in [0.15, 0.2) is 54.6 Å². The van der Waals surface area contributed by atoms with Crippen molar-refractivity contribution < 1.29 is 9.90 Å². The van der Waals surface area contributed by atoms with Crippen LogP contribution in [0.5, 0.6) is 0 Å². The second kappa shape index (κ2) is 8.38. The average Bonchev–Trinajstić information content (AvgIpc) is 2.53. The molecule has 1 atom stereocenters. The third kappa shape index (κ3) is 5.36. The highest BCUT2D eigenvalue weighted by molar-refractivity contribution is 5.66. The Labute approximate surface area is 132 Å². The standard InChI is InChI=1S/C20H24O2/c1-16-11-13-17(14-12-16)15-19(9-5-6-10-20(21)22)18-7-3-2-4-8-18/h2-4,7-8,11-14,19H,5-6,9-10,15H2,1H3,(H,21,22). The summed E-state index contributed by atoms with van der Waals surface area (Å²) in [7, 11) is 0. The highest BCUT2D eigenvalue weighted by Crippen LogP contribution is 2.26. The number of aliphatic carboxylic acids is 1. The molecule has 22 heavy (non-hydrogen) atoms. The maximum absolute atomic E-state index is 10.6. The Balaban J connectivity index is 2.01. The Morgan fingerprint density at radius 1 is 1.00 bits per heavy atom. The quantitative estimate of drug-likeness (QED) is 0.699. The fourth-order valence-electron chi connectivity index (χ4n) is 2.79. The number of hydrogen-bond acceptors (Lipinski definition) is 1. The second-order valence-corrected chi connectivity index (χ2v) is 5.94. The zero-order chi connectivity index (χ0) is 15.8.